The zero-order valence-electron chi connectivity index (χ0n) is 14.9. The van der Waals surface area contributed by atoms with Crippen LogP contribution in [0, 0.1) is 6.92 Å². The van der Waals surface area contributed by atoms with Crippen LogP contribution in [0.5, 0.6) is 5.75 Å². The van der Waals surface area contributed by atoms with E-state index in [1.54, 1.807) is 12.1 Å². The molecule has 1 aromatic carbocycles. The van der Waals surface area contributed by atoms with Gasteiger partial charge in [-0.3, -0.25) is 9.48 Å². The van der Waals surface area contributed by atoms with E-state index in [1.807, 2.05) is 11.6 Å². The molecule has 7 nitrogen and oxygen atoms in total. The molecule has 0 radical (unpaired) electrons. The van der Waals surface area contributed by atoms with E-state index in [2.05, 4.69) is 24.3 Å². The maximum absolute atomic E-state index is 12.5. The van der Waals surface area contributed by atoms with Crippen LogP contribution in [0.15, 0.2) is 24.3 Å². The Labute approximate surface area is 146 Å². The summed E-state index contributed by atoms with van der Waals surface area (Å²) in [5.74, 6) is -1.18. The zero-order valence-corrected chi connectivity index (χ0v) is 14.9. The molecule has 0 aliphatic rings. The average molecular weight is 345 g/mol. The number of carboxylic acids is 1. The van der Waals surface area contributed by atoms with Gasteiger partial charge in [-0.2, -0.15) is 5.10 Å². The molecule has 0 spiro atoms. The van der Waals surface area contributed by atoms with Crippen molar-refractivity contribution < 1.29 is 19.4 Å². The SMILES string of the molecule is CCC(CC)n1nc(C(=O)Nc2ccc(OC)cc2C(=O)O)cc1C. The number of nitrogens with one attached hydrogen (secondary N) is 1. The Hall–Kier alpha value is -2.83. The van der Waals surface area contributed by atoms with Gasteiger partial charge in [-0.1, -0.05) is 13.8 Å². The van der Waals surface area contributed by atoms with E-state index in [0.717, 1.165) is 18.5 Å². The van der Waals surface area contributed by atoms with Gasteiger partial charge >= 0.3 is 5.97 Å². The fourth-order valence-corrected chi connectivity index (χ4v) is 2.73. The highest BCUT2D eigenvalue weighted by Gasteiger charge is 2.19. The second-order valence-electron chi connectivity index (χ2n) is 5.76. The van der Waals surface area contributed by atoms with Gasteiger partial charge in [0, 0.05) is 5.69 Å². The largest absolute Gasteiger partial charge is 0.497 e. The molecule has 134 valence electrons. The van der Waals surface area contributed by atoms with E-state index in [-0.39, 0.29) is 23.0 Å². The van der Waals surface area contributed by atoms with Crippen molar-refractivity contribution in [3.8, 4) is 5.75 Å². The van der Waals surface area contributed by atoms with Gasteiger partial charge in [0.05, 0.1) is 24.4 Å². The van der Waals surface area contributed by atoms with Crippen LogP contribution in [0.4, 0.5) is 5.69 Å². The van der Waals surface area contributed by atoms with E-state index in [0.29, 0.717) is 5.75 Å². The van der Waals surface area contributed by atoms with Crippen molar-refractivity contribution in [2.75, 3.05) is 12.4 Å². The van der Waals surface area contributed by atoms with Crippen molar-refractivity contribution in [3.05, 3.63) is 41.2 Å². The van der Waals surface area contributed by atoms with Gasteiger partial charge in [0.2, 0.25) is 0 Å². The molecule has 2 rings (SSSR count). The van der Waals surface area contributed by atoms with E-state index in [1.165, 1.54) is 19.2 Å². The summed E-state index contributed by atoms with van der Waals surface area (Å²) in [6, 6.07) is 6.40. The van der Waals surface area contributed by atoms with Crippen molar-refractivity contribution >= 4 is 17.6 Å². The molecule has 7 heteroatoms. The number of nitrogens with zero attached hydrogens (tertiary/aromatic N) is 2. The van der Waals surface area contributed by atoms with Crippen LogP contribution in [0.25, 0.3) is 0 Å². The second-order valence-corrected chi connectivity index (χ2v) is 5.76. The number of amides is 1. The molecule has 1 aromatic heterocycles. The summed E-state index contributed by atoms with van der Waals surface area (Å²) in [4.78, 5) is 23.9. The first-order chi connectivity index (χ1) is 11.9. The predicted molar refractivity (Wildman–Crippen MR) is 94.5 cm³/mol. The Morgan fingerprint density at radius 1 is 1.28 bits per heavy atom. The second kappa shape index (κ2) is 7.83. The molecule has 0 saturated carbocycles. The summed E-state index contributed by atoms with van der Waals surface area (Å²) in [6.45, 7) is 6.05. The van der Waals surface area contributed by atoms with Crippen LogP contribution >= 0.6 is 0 Å². The van der Waals surface area contributed by atoms with Gasteiger partial charge < -0.3 is 15.2 Å². The number of hydrogen-bond donors (Lipinski definition) is 2. The molecule has 1 heterocycles. The van der Waals surface area contributed by atoms with Crippen LogP contribution in [-0.2, 0) is 0 Å². The predicted octanol–water partition coefficient (Wildman–Crippen LogP) is 3.51. The van der Waals surface area contributed by atoms with Crippen molar-refractivity contribution in [2.45, 2.75) is 39.7 Å². The number of aryl methyl sites for hydroxylation is 1. The third kappa shape index (κ3) is 3.99. The minimum Gasteiger partial charge on any atom is -0.497 e. The lowest BCUT2D eigenvalue weighted by Gasteiger charge is -2.14. The van der Waals surface area contributed by atoms with Gasteiger partial charge in [0.15, 0.2) is 5.69 Å². The summed E-state index contributed by atoms with van der Waals surface area (Å²) < 4.78 is 6.88. The number of benzene rings is 1. The number of methoxy groups -OCH3 is 1. The normalized spacial score (nSPS) is 10.8. The van der Waals surface area contributed by atoms with Crippen molar-refractivity contribution in [3.63, 3.8) is 0 Å². The molecule has 2 N–H and O–H groups in total. The first-order valence-corrected chi connectivity index (χ1v) is 8.20. The monoisotopic (exact) mass is 345 g/mol. The molecule has 0 unspecified atom stereocenters. The highest BCUT2D eigenvalue weighted by atomic mass is 16.5. The topological polar surface area (TPSA) is 93.5 Å². The molecule has 0 atom stereocenters. The molecule has 2 aromatic rings. The summed E-state index contributed by atoms with van der Waals surface area (Å²) in [7, 11) is 1.45. The Morgan fingerprint density at radius 3 is 2.52 bits per heavy atom. The summed E-state index contributed by atoms with van der Waals surface area (Å²) in [5, 5.41) is 16.3. The summed E-state index contributed by atoms with van der Waals surface area (Å²) in [5.41, 5.74) is 1.32. The van der Waals surface area contributed by atoms with Gasteiger partial charge in [0.25, 0.3) is 5.91 Å². The van der Waals surface area contributed by atoms with Gasteiger partial charge in [-0.05, 0) is 44.0 Å². The lowest BCUT2D eigenvalue weighted by atomic mass is 10.1. The highest BCUT2D eigenvalue weighted by Crippen LogP contribution is 2.23. The number of carboxylic acid groups (broad SMARTS) is 1. The molecular weight excluding hydrogens is 322 g/mol. The van der Waals surface area contributed by atoms with E-state index in [4.69, 9.17) is 4.74 Å². The first-order valence-electron chi connectivity index (χ1n) is 8.20. The Balaban J connectivity index is 2.29. The minimum absolute atomic E-state index is 0.0381. The van der Waals surface area contributed by atoms with Gasteiger partial charge in [0.1, 0.15) is 5.75 Å². The quantitative estimate of drug-likeness (QED) is 0.801. The molecule has 0 aliphatic carbocycles. The fraction of sp³-hybridized carbons (Fsp3) is 0.389. The number of aromatic carboxylic acids is 1. The Bertz CT molecular complexity index is 779. The lowest BCUT2D eigenvalue weighted by molar-refractivity contribution is 0.0697. The Kier molecular flexibility index (Phi) is 5.80. The van der Waals surface area contributed by atoms with E-state index < -0.39 is 11.9 Å². The molecule has 0 bridgehead atoms. The van der Waals surface area contributed by atoms with Crippen LogP contribution in [0.1, 0.15) is 59.3 Å². The first kappa shape index (κ1) is 18.5. The fourth-order valence-electron chi connectivity index (χ4n) is 2.73. The molecule has 0 fully saturated rings. The highest BCUT2D eigenvalue weighted by molar-refractivity contribution is 6.07. The molecular formula is C18H23N3O4. The van der Waals surface area contributed by atoms with Gasteiger partial charge in [-0.15, -0.1) is 0 Å². The summed E-state index contributed by atoms with van der Waals surface area (Å²) in [6.07, 6.45) is 1.84. The van der Waals surface area contributed by atoms with Crippen molar-refractivity contribution in [1.82, 2.24) is 9.78 Å². The third-order valence-electron chi connectivity index (χ3n) is 4.15. The third-order valence-corrected chi connectivity index (χ3v) is 4.15. The average Bonchev–Trinajstić information content (AvgIpc) is 2.98. The smallest absolute Gasteiger partial charge is 0.337 e. The summed E-state index contributed by atoms with van der Waals surface area (Å²) >= 11 is 0. The molecule has 25 heavy (non-hydrogen) atoms. The van der Waals surface area contributed by atoms with Crippen molar-refractivity contribution in [2.24, 2.45) is 0 Å². The maximum atomic E-state index is 12.5. The number of anilines is 1. The number of ether oxygens (including phenoxy) is 1. The number of hydrogen-bond acceptors (Lipinski definition) is 4. The van der Waals surface area contributed by atoms with E-state index in [9.17, 15) is 14.7 Å². The van der Waals surface area contributed by atoms with Crippen LogP contribution in [0.2, 0.25) is 0 Å². The standard InChI is InChI=1S/C18H23N3O4/c1-5-12(6-2)21-11(3)9-16(20-21)17(22)19-15-8-7-13(25-4)10-14(15)18(23)24/h7-10,12H,5-6H2,1-4H3,(H,19,22)(H,23,24). The number of rotatable bonds is 7. The maximum Gasteiger partial charge on any atom is 0.337 e. The van der Waals surface area contributed by atoms with Crippen LogP contribution < -0.4 is 10.1 Å². The van der Waals surface area contributed by atoms with E-state index >= 15 is 0 Å². The van der Waals surface area contributed by atoms with Gasteiger partial charge in [-0.25, -0.2) is 4.79 Å². The number of carbonyl (C=O) groups is 2. The lowest BCUT2D eigenvalue weighted by Crippen LogP contribution is -2.17. The zero-order chi connectivity index (χ0) is 18.6. The van der Waals surface area contributed by atoms with Crippen LogP contribution in [-0.4, -0.2) is 33.9 Å². The molecule has 1 amide bonds. The number of carbonyl (C=O) groups excluding carboxylic acids is 1. The minimum atomic E-state index is -1.15. The van der Waals surface area contributed by atoms with Crippen LogP contribution in [0.3, 0.4) is 0 Å². The number of aromatic nitrogens is 2. The molecule has 0 aliphatic heterocycles. The van der Waals surface area contributed by atoms with Crippen molar-refractivity contribution in [1.29, 1.82) is 0 Å². The Morgan fingerprint density at radius 2 is 1.96 bits per heavy atom. The molecule has 0 saturated heterocycles.